The molecule has 1 heterocycles. The van der Waals surface area contributed by atoms with Gasteiger partial charge < -0.3 is 14.8 Å². The van der Waals surface area contributed by atoms with Gasteiger partial charge in [-0.1, -0.05) is 18.2 Å². The molecule has 2 aromatic rings. The lowest BCUT2D eigenvalue weighted by molar-refractivity contribution is -0.115. The number of carbonyl (C=O) groups is 1. The monoisotopic (exact) mass is 440 g/mol. The van der Waals surface area contributed by atoms with Crippen LogP contribution in [0.25, 0.3) is 0 Å². The zero-order valence-electron chi connectivity index (χ0n) is 16.3. The Morgan fingerprint density at radius 1 is 1.17 bits per heavy atom. The first-order valence-electron chi connectivity index (χ1n) is 9.28. The molecule has 0 saturated carbocycles. The lowest BCUT2D eigenvalue weighted by Crippen LogP contribution is -2.40. The number of sulfonamides is 1. The molecule has 0 radical (unpaired) electrons. The molecule has 1 amide bonds. The van der Waals surface area contributed by atoms with Crippen LogP contribution in [0.1, 0.15) is 11.1 Å². The summed E-state index contributed by atoms with van der Waals surface area (Å²) in [7, 11) is -3.70. The number of nitrogens with zero attached hydrogens (tertiary/aromatic N) is 1. The molecule has 1 aliphatic heterocycles. The van der Waals surface area contributed by atoms with Crippen molar-refractivity contribution in [2.75, 3.05) is 31.6 Å². The first-order chi connectivity index (χ1) is 14.3. The Bertz CT molecular complexity index is 991. The number of aryl methyl sites for hydroxylation is 1. The zero-order valence-corrected chi connectivity index (χ0v) is 17.1. The average Bonchev–Trinajstić information content (AvgIpc) is 2.71. The van der Waals surface area contributed by atoms with E-state index >= 15 is 0 Å². The quantitative estimate of drug-likeness (QED) is 0.716. The van der Waals surface area contributed by atoms with E-state index in [1.54, 1.807) is 19.1 Å². The van der Waals surface area contributed by atoms with Gasteiger partial charge in [-0.3, -0.25) is 4.79 Å². The predicted molar refractivity (Wildman–Crippen MR) is 106 cm³/mol. The molecule has 1 N–H and O–H groups in total. The van der Waals surface area contributed by atoms with Crippen molar-refractivity contribution >= 4 is 21.6 Å². The van der Waals surface area contributed by atoms with Crippen LogP contribution < -0.4 is 10.1 Å². The SMILES string of the molecule is Cc1ccc(NC(=O)Cc2ccc(OC(F)F)cc2)cc1S(=O)(=O)N1CCOCC1. The van der Waals surface area contributed by atoms with Gasteiger partial charge in [-0.05, 0) is 42.3 Å². The highest BCUT2D eigenvalue weighted by atomic mass is 32.2. The third-order valence-electron chi connectivity index (χ3n) is 4.57. The van der Waals surface area contributed by atoms with Crippen molar-refractivity contribution in [3.63, 3.8) is 0 Å². The van der Waals surface area contributed by atoms with Crippen LogP contribution >= 0.6 is 0 Å². The number of benzene rings is 2. The number of rotatable bonds is 7. The van der Waals surface area contributed by atoms with E-state index in [9.17, 15) is 22.0 Å². The molecule has 7 nitrogen and oxygen atoms in total. The average molecular weight is 440 g/mol. The Labute approximate surface area is 173 Å². The summed E-state index contributed by atoms with van der Waals surface area (Å²) in [4.78, 5) is 12.5. The fourth-order valence-electron chi connectivity index (χ4n) is 3.06. The molecule has 0 atom stereocenters. The summed E-state index contributed by atoms with van der Waals surface area (Å²) in [5.41, 5.74) is 1.53. The number of amides is 1. The first kappa shape index (κ1) is 22.1. The van der Waals surface area contributed by atoms with Crippen molar-refractivity contribution in [1.29, 1.82) is 0 Å². The number of hydrogen-bond donors (Lipinski definition) is 1. The molecule has 3 rings (SSSR count). The number of halogens is 2. The first-order valence-corrected chi connectivity index (χ1v) is 10.7. The van der Waals surface area contributed by atoms with Gasteiger partial charge in [0, 0.05) is 18.8 Å². The standard InChI is InChI=1S/C20H22F2N2O5S/c1-14-2-5-16(13-18(14)30(26,27)24-8-10-28-11-9-24)23-19(25)12-15-3-6-17(7-4-15)29-20(21)22/h2-7,13,20H,8-12H2,1H3,(H,23,25). The molecular weight excluding hydrogens is 418 g/mol. The van der Waals surface area contributed by atoms with Gasteiger partial charge in [-0.15, -0.1) is 0 Å². The Morgan fingerprint density at radius 3 is 2.47 bits per heavy atom. The van der Waals surface area contributed by atoms with Crippen molar-refractivity contribution in [2.45, 2.75) is 24.9 Å². The van der Waals surface area contributed by atoms with Crippen molar-refractivity contribution in [1.82, 2.24) is 4.31 Å². The molecule has 162 valence electrons. The Balaban J connectivity index is 1.69. The number of anilines is 1. The number of carbonyl (C=O) groups excluding carboxylic acids is 1. The molecule has 1 saturated heterocycles. The predicted octanol–water partition coefficient (Wildman–Crippen LogP) is 2.80. The van der Waals surface area contributed by atoms with Gasteiger partial charge in [-0.2, -0.15) is 13.1 Å². The van der Waals surface area contributed by atoms with Crippen LogP contribution in [0.3, 0.4) is 0 Å². The number of hydrogen-bond acceptors (Lipinski definition) is 5. The summed E-state index contributed by atoms with van der Waals surface area (Å²) in [6.07, 6.45) is -0.00557. The van der Waals surface area contributed by atoms with Gasteiger partial charge in [0.15, 0.2) is 0 Å². The van der Waals surface area contributed by atoms with Gasteiger partial charge in [-0.25, -0.2) is 8.42 Å². The largest absolute Gasteiger partial charge is 0.435 e. The van der Waals surface area contributed by atoms with Crippen LogP contribution in [0.5, 0.6) is 5.75 Å². The van der Waals surface area contributed by atoms with E-state index in [0.717, 1.165) is 0 Å². The summed E-state index contributed by atoms with van der Waals surface area (Å²) in [6, 6.07) is 10.4. The van der Waals surface area contributed by atoms with E-state index in [-0.39, 0.29) is 36.1 Å². The highest BCUT2D eigenvalue weighted by Gasteiger charge is 2.28. The maximum absolute atomic E-state index is 12.9. The fourth-order valence-corrected chi connectivity index (χ4v) is 4.72. The molecule has 0 aromatic heterocycles. The van der Waals surface area contributed by atoms with E-state index in [2.05, 4.69) is 10.1 Å². The van der Waals surface area contributed by atoms with Crippen LogP contribution in [0.2, 0.25) is 0 Å². The molecule has 10 heteroatoms. The second-order valence-corrected chi connectivity index (χ2v) is 8.65. The van der Waals surface area contributed by atoms with Gasteiger partial charge in [0.05, 0.1) is 24.5 Å². The van der Waals surface area contributed by atoms with Crippen molar-refractivity contribution in [3.8, 4) is 5.75 Å². The molecule has 0 bridgehead atoms. The summed E-state index contributed by atoms with van der Waals surface area (Å²) >= 11 is 0. The fraction of sp³-hybridized carbons (Fsp3) is 0.350. The lowest BCUT2D eigenvalue weighted by Gasteiger charge is -2.26. The number of morpholine rings is 1. The van der Waals surface area contributed by atoms with Crippen molar-refractivity contribution < 1.29 is 31.5 Å². The number of alkyl halides is 2. The van der Waals surface area contributed by atoms with E-state index in [4.69, 9.17) is 4.74 Å². The topological polar surface area (TPSA) is 84.9 Å². The second-order valence-electron chi connectivity index (χ2n) is 6.74. The van der Waals surface area contributed by atoms with Crippen LogP contribution in [-0.4, -0.2) is 51.5 Å². The number of nitrogens with one attached hydrogen (secondary N) is 1. The minimum absolute atomic E-state index is 0.00524. The lowest BCUT2D eigenvalue weighted by atomic mass is 10.1. The van der Waals surface area contributed by atoms with Gasteiger partial charge in [0.25, 0.3) is 0 Å². The van der Waals surface area contributed by atoms with Crippen molar-refractivity contribution in [3.05, 3.63) is 53.6 Å². The van der Waals surface area contributed by atoms with Crippen molar-refractivity contribution in [2.24, 2.45) is 0 Å². The van der Waals surface area contributed by atoms with Crippen LogP contribution in [0.15, 0.2) is 47.4 Å². The third kappa shape index (κ3) is 5.53. The summed E-state index contributed by atoms with van der Waals surface area (Å²) in [5, 5.41) is 2.68. The smallest absolute Gasteiger partial charge is 0.387 e. The normalized spacial score (nSPS) is 15.2. The second kappa shape index (κ2) is 9.50. The minimum atomic E-state index is -3.70. The third-order valence-corrected chi connectivity index (χ3v) is 6.61. The Morgan fingerprint density at radius 2 is 1.83 bits per heavy atom. The molecule has 0 aliphatic carbocycles. The molecule has 30 heavy (non-hydrogen) atoms. The molecule has 1 aliphatic rings. The van der Waals surface area contributed by atoms with E-state index < -0.39 is 16.6 Å². The maximum atomic E-state index is 12.9. The molecular formula is C20H22F2N2O5S. The van der Waals surface area contributed by atoms with Gasteiger partial charge >= 0.3 is 6.61 Å². The summed E-state index contributed by atoms with van der Waals surface area (Å²) < 4.78 is 61.1. The van der Waals surface area contributed by atoms with Crippen LogP contribution in [-0.2, 0) is 26.0 Å². The van der Waals surface area contributed by atoms with E-state index in [1.807, 2.05) is 0 Å². The summed E-state index contributed by atoms with van der Waals surface area (Å²) in [5.74, 6) is -0.359. The van der Waals surface area contributed by atoms with E-state index in [1.165, 1.54) is 34.6 Å². The Hall–Kier alpha value is -2.56. The van der Waals surface area contributed by atoms with Crippen LogP contribution in [0.4, 0.5) is 14.5 Å². The molecule has 0 spiro atoms. The molecule has 2 aromatic carbocycles. The van der Waals surface area contributed by atoms with E-state index in [0.29, 0.717) is 30.0 Å². The number of ether oxygens (including phenoxy) is 2. The zero-order chi connectivity index (χ0) is 21.7. The Kier molecular flexibility index (Phi) is 7.01. The molecule has 1 fully saturated rings. The van der Waals surface area contributed by atoms with Crippen LogP contribution in [0, 0.1) is 6.92 Å². The van der Waals surface area contributed by atoms with Gasteiger partial charge in [0.2, 0.25) is 15.9 Å². The highest BCUT2D eigenvalue weighted by Crippen LogP contribution is 2.24. The maximum Gasteiger partial charge on any atom is 0.387 e. The minimum Gasteiger partial charge on any atom is -0.435 e. The van der Waals surface area contributed by atoms with Gasteiger partial charge in [0.1, 0.15) is 5.75 Å². The highest BCUT2D eigenvalue weighted by molar-refractivity contribution is 7.89. The summed E-state index contributed by atoms with van der Waals surface area (Å²) in [6.45, 7) is 0.0320. The molecule has 0 unspecified atom stereocenters.